The van der Waals surface area contributed by atoms with Crippen LogP contribution in [-0.2, 0) is 21.0 Å². The molecule has 0 aromatic heterocycles. The van der Waals surface area contributed by atoms with Gasteiger partial charge in [-0.25, -0.2) is 4.90 Å². The molecule has 0 aliphatic carbocycles. The first-order chi connectivity index (χ1) is 24.8. The van der Waals surface area contributed by atoms with Crippen LogP contribution in [0.5, 0.6) is 11.5 Å². The smallest absolute Gasteiger partial charge is 0.272 e. The van der Waals surface area contributed by atoms with Crippen LogP contribution in [0.25, 0.3) is 6.08 Å². The number of carbonyl (C=O) groups is 4. The van der Waals surface area contributed by atoms with E-state index in [-0.39, 0.29) is 23.9 Å². The highest BCUT2D eigenvalue weighted by atomic mass is 127. The Bertz CT molecular complexity index is 2090. The van der Waals surface area contributed by atoms with Crippen LogP contribution in [-0.4, -0.2) is 36.0 Å². The maximum atomic E-state index is 13.8. The number of hydrogen-bond donors (Lipinski definition) is 2. The van der Waals surface area contributed by atoms with E-state index >= 15 is 0 Å². The summed E-state index contributed by atoms with van der Waals surface area (Å²) < 4.78 is 12.6. The molecule has 1 aliphatic rings. The third-order valence-electron chi connectivity index (χ3n) is 7.82. The Hall–Kier alpha value is -5.40. The second-order valence-corrected chi connectivity index (χ2v) is 13.9. The van der Waals surface area contributed by atoms with Gasteiger partial charge >= 0.3 is 0 Å². The van der Waals surface area contributed by atoms with Gasteiger partial charge in [0.15, 0.2) is 11.5 Å². The number of nitrogens with zero attached hydrogens (tertiary/aromatic N) is 1. The molecule has 0 radical (unpaired) electrons. The van der Waals surface area contributed by atoms with Crippen LogP contribution >= 0.6 is 34.4 Å². The average molecular weight is 810 g/mol. The van der Waals surface area contributed by atoms with Gasteiger partial charge in [0.2, 0.25) is 11.8 Å². The maximum Gasteiger partial charge on any atom is 0.272 e. The number of carbonyl (C=O) groups excluding carboxylic acids is 4. The van der Waals surface area contributed by atoms with E-state index in [0.717, 1.165) is 9.13 Å². The van der Waals surface area contributed by atoms with Gasteiger partial charge in [-0.1, -0.05) is 60.7 Å². The highest BCUT2D eigenvalue weighted by molar-refractivity contribution is 14.1. The van der Waals surface area contributed by atoms with Crippen molar-refractivity contribution in [3.63, 3.8) is 0 Å². The summed E-state index contributed by atoms with van der Waals surface area (Å²) in [4.78, 5) is 55.1. The number of amides is 4. The molecule has 0 saturated carbocycles. The summed E-state index contributed by atoms with van der Waals surface area (Å²) in [6, 6.07) is 37.7. The zero-order valence-electron chi connectivity index (χ0n) is 27.4. The fourth-order valence-electron chi connectivity index (χ4n) is 5.31. The second-order valence-electron chi connectivity index (χ2n) is 11.4. The molecule has 1 saturated heterocycles. The summed E-state index contributed by atoms with van der Waals surface area (Å²) in [7, 11) is 1.55. The number of nitrogens with one attached hydrogen (secondary N) is 2. The molecule has 0 bridgehead atoms. The summed E-state index contributed by atoms with van der Waals surface area (Å²) >= 11 is 3.43. The first-order valence-corrected chi connectivity index (χ1v) is 17.9. The predicted octanol–water partition coefficient (Wildman–Crippen LogP) is 7.71. The zero-order chi connectivity index (χ0) is 35.7. The molecule has 51 heavy (non-hydrogen) atoms. The van der Waals surface area contributed by atoms with Crippen molar-refractivity contribution in [1.82, 2.24) is 5.32 Å². The Balaban J connectivity index is 1.22. The van der Waals surface area contributed by atoms with Crippen molar-refractivity contribution < 1.29 is 28.7 Å². The number of benzene rings is 5. The van der Waals surface area contributed by atoms with E-state index in [2.05, 4.69) is 33.2 Å². The quantitative estimate of drug-likeness (QED) is 0.0755. The Morgan fingerprint density at radius 1 is 0.863 bits per heavy atom. The molecule has 5 aromatic rings. The van der Waals surface area contributed by atoms with Crippen molar-refractivity contribution in [3.05, 3.63) is 153 Å². The largest absolute Gasteiger partial charge is 0.493 e. The van der Waals surface area contributed by atoms with Crippen LogP contribution in [0.2, 0.25) is 0 Å². The third kappa shape index (κ3) is 9.04. The van der Waals surface area contributed by atoms with Gasteiger partial charge in [-0.15, -0.1) is 11.8 Å². The summed E-state index contributed by atoms with van der Waals surface area (Å²) in [5.41, 5.74) is 2.92. The van der Waals surface area contributed by atoms with E-state index in [1.54, 1.807) is 92.0 Å². The number of halogens is 1. The second kappa shape index (κ2) is 16.5. The number of hydrogen-bond acceptors (Lipinski definition) is 7. The number of methoxy groups -OCH3 is 1. The lowest BCUT2D eigenvalue weighted by Gasteiger charge is -2.15. The Labute approximate surface area is 313 Å². The average Bonchev–Trinajstić information content (AvgIpc) is 3.43. The Morgan fingerprint density at radius 3 is 2.31 bits per heavy atom. The van der Waals surface area contributed by atoms with E-state index in [1.165, 1.54) is 16.7 Å². The van der Waals surface area contributed by atoms with Crippen LogP contribution in [0, 0.1) is 3.57 Å². The number of thioether (sulfide) groups is 1. The van der Waals surface area contributed by atoms with Crippen molar-refractivity contribution in [2.45, 2.75) is 23.2 Å². The Kier molecular flexibility index (Phi) is 11.5. The lowest BCUT2D eigenvalue weighted by Crippen LogP contribution is -2.31. The van der Waals surface area contributed by atoms with Crippen LogP contribution in [0.1, 0.15) is 27.9 Å². The standard InChI is InChI=1S/C40H32IN3O6S/c1-49-34-20-15-27(22-35(34)50-25-26-9-4-2-5-10-26)21-33(43-38(46)28-11-6-3-7-12-28)39(47)42-30-13-8-14-32(23-30)51-36-24-37(45)44(40(36)48)31-18-16-29(41)17-19-31/h2-23,36H,24-25H2,1H3,(H,42,47)(H,43,46)/b33-21-. The van der Waals surface area contributed by atoms with E-state index < -0.39 is 17.1 Å². The summed E-state index contributed by atoms with van der Waals surface area (Å²) in [5, 5.41) is 5.02. The summed E-state index contributed by atoms with van der Waals surface area (Å²) in [6.07, 6.45) is 1.62. The van der Waals surface area contributed by atoms with Gasteiger partial charge in [0.1, 0.15) is 12.3 Å². The van der Waals surface area contributed by atoms with Gasteiger partial charge in [0.05, 0.1) is 18.0 Å². The van der Waals surface area contributed by atoms with Crippen molar-refractivity contribution in [2.24, 2.45) is 0 Å². The zero-order valence-corrected chi connectivity index (χ0v) is 30.4. The van der Waals surface area contributed by atoms with Gasteiger partial charge < -0.3 is 20.1 Å². The first kappa shape index (κ1) is 35.4. The molecule has 256 valence electrons. The fraction of sp³-hybridized carbons (Fsp3) is 0.100. The number of rotatable bonds is 12. The van der Waals surface area contributed by atoms with Crippen LogP contribution < -0.4 is 25.0 Å². The molecule has 2 N–H and O–H groups in total. The van der Waals surface area contributed by atoms with Crippen molar-refractivity contribution in [2.75, 3.05) is 17.3 Å². The van der Waals surface area contributed by atoms with Crippen molar-refractivity contribution in [1.29, 1.82) is 0 Å². The molecule has 1 heterocycles. The fourth-order valence-corrected chi connectivity index (χ4v) is 6.78. The first-order valence-electron chi connectivity index (χ1n) is 15.9. The molecule has 6 rings (SSSR count). The monoisotopic (exact) mass is 809 g/mol. The molecular formula is C40H32IN3O6S. The number of anilines is 2. The SMILES string of the molecule is COc1ccc(/C=C(\NC(=O)c2ccccc2)C(=O)Nc2cccc(SC3CC(=O)N(c4ccc(I)cc4)C3=O)c2)cc1OCc1ccccc1. The van der Waals surface area contributed by atoms with Gasteiger partial charge in [-0.05, 0) is 107 Å². The maximum absolute atomic E-state index is 13.8. The molecule has 1 atom stereocenters. The van der Waals surface area contributed by atoms with Crippen molar-refractivity contribution in [3.8, 4) is 11.5 Å². The molecule has 9 nitrogen and oxygen atoms in total. The molecule has 5 aromatic carbocycles. The predicted molar refractivity (Wildman–Crippen MR) is 207 cm³/mol. The van der Waals surface area contributed by atoms with E-state index in [9.17, 15) is 19.2 Å². The number of imide groups is 1. The molecule has 1 unspecified atom stereocenters. The molecular weight excluding hydrogens is 777 g/mol. The minimum Gasteiger partial charge on any atom is -0.493 e. The minimum absolute atomic E-state index is 0.00850. The van der Waals surface area contributed by atoms with Gasteiger partial charge in [-0.3, -0.25) is 19.2 Å². The minimum atomic E-state index is -0.614. The van der Waals surface area contributed by atoms with E-state index in [0.29, 0.717) is 45.5 Å². The lowest BCUT2D eigenvalue weighted by molar-refractivity contribution is -0.121. The topological polar surface area (TPSA) is 114 Å². The van der Waals surface area contributed by atoms with E-state index in [1.807, 2.05) is 48.5 Å². The van der Waals surface area contributed by atoms with Gasteiger partial charge in [-0.2, -0.15) is 0 Å². The lowest BCUT2D eigenvalue weighted by atomic mass is 10.1. The van der Waals surface area contributed by atoms with Crippen LogP contribution in [0.3, 0.4) is 0 Å². The summed E-state index contributed by atoms with van der Waals surface area (Å²) in [5.74, 6) is -0.603. The number of ether oxygens (including phenoxy) is 2. The highest BCUT2D eigenvalue weighted by Gasteiger charge is 2.40. The Morgan fingerprint density at radius 2 is 1.59 bits per heavy atom. The summed E-state index contributed by atoms with van der Waals surface area (Å²) in [6.45, 7) is 0.307. The highest BCUT2D eigenvalue weighted by Crippen LogP contribution is 2.35. The van der Waals surface area contributed by atoms with Gasteiger partial charge in [0, 0.05) is 26.1 Å². The molecule has 4 amide bonds. The van der Waals surface area contributed by atoms with Crippen molar-refractivity contribution >= 4 is 75.4 Å². The molecule has 1 fully saturated rings. The molecule has 1 aliphatic heterocycles. The molecule has 11 heteroatoms. The van der Waals surface area contributed by atoms with Crippen LogP contribution in [0.4, 0.5) is 11.4 Å². The normalized spacial score (nSPS) is 14.3. The molecule has 0 spiro atoms. The van der Waals surface area contributed by atoms with E-state index in [4.69, 9.17) is 9.47 Å². The third-order valence-corrected chi connectivity index (χ3v) is 9.72. The van der Waals surface area contributed by atoms with Crippen LogP contribution in [0.15, 0.2) is 138 Å². The van der Waals surface area contributed by atoms with Gasteiger partial charge in [0.25, 0.3) is 11.8 Å².